The number of rotatable bonds is 0. The first kappa shape index (κ1) is 6.25. The summed E-state index contributed by atoms with van der Waals surface area (Å²) in [5, 5.41) is 17.3. The minimum atomic E-state index is -2.40. The van der Waals surface area contributed by atoms with Crippen LogP contribution in [-0.2, 0) is 9.53 Å². The van der Waals surface area contributed by atoms with Crippen molar-refractivity contribution in [3.8, 4) is 0 Å². The first-order valence-electron chi connectivity index (χ1n) is 2.39. The van der Waals surface area contributed by atoms with Gasteiger partial charge in [-0.05, 0) is 6.92 Å². The molecule has 1 heterocycles. The Bertz CT molecular complexity index is 179. The maximum absolute atomic E-state index is 10.3. The van der Waals surface area contributed by atoms with Crippen molar-refractivity contribution in [2.45, 2.75) is 12.7 Å². The topological polar surface area (TPSA) is 66.8 Å². The van der Waals surface area contributed by atoms with E-state index in [1.807, 2.05) is 0 Å². The van der Waals surface area contributed by atoms with Gasteiger partial charge in [0.15, 0.2) is 0 Å². The Morgan fingerprint density at radius 3 is 2.33 bits per heavy atom. The molecule has 0 saturated carbocycles. The maximum Gasteiger partial charge on any atom is 0.376 e. The second-order valence-electron chi connectivity index (χ2n) is 1.87. The number of carbonyl (C=O) groups is 1. The van der Waals surface area contributed by atoms with Gasteiger partial charge in [-0.1, -0.05) is 0 Å². The van der Waals surface area contributed by atoms with Crippen LogP contribution in [0.25, 0.3) is 0 Å². The predicted molar refractivity (Wildman–Crippen MR) is 27.0 cm³/mol. The van der Waals surface area contributed by atoms with E-state index in [0.29, 0.717) is 0 Å². The van der Waals surface area contributed by atoms with Crippen LogP contribution in [0.3, 0.4) is 0 Å². The molecule has 0 radical (unpaired) electrons. The third-order valence-electron chi connectivity index (χ3n) is 0.959. The van der Waals surface area contributed by atoms with Gasteiger partial charge in [-0.2, -0.15) is 0 Å². The molecule has 0 bridgehead atoms. The average molecular weight is 130 g/mol. The maximum atomic E-state index is 10.3. The monoisotopic (exact) mass is 130 g/mol. The van der Waals surface area contributed by atoms with Crippen molar-refractivity contribution in [2.75, 3.05) is 0 Å². The molecule has 1 aliphatic rings. The van der Waals surface area contributed by atoms with Crippen molar-refractivity contribution in [1.82, 2.24) is 0 Å². The van der Waals surface area contributed by atoms with Crippen molar-refractivity contribution >= 4 is 5.97 Å². The molecule has 0 unspecified atom stereocenters. The quantitative estimate of drug-likeness (QED) is 0.330. The van der Waals surface area contributed by atoms with Crippen molar-refractivity contribution in [3.63, 3.8) is 0 Å². The second kappa shape index (κ2) is 1.55. The van der Waals surface area contributed by atoms with Crippen molar-refractivity contribution < 1.29 is 19.7 Å². The highest BCUT2D eigenvalue weighted by atomic mass is 16.6. The Morgan fingerprint density at radius 1 is 1.67 bits per heavy atom. The highest BCUT2D eigenvalue weighted by molar-refractivity contribution is 5.83. The molecule has 0 aromatic heterocycles. The smallest absolute Gasteiger partial charge is 0.376 e. The zero-order valence-corrected chi connectivity index (χ0v) is 4.79. The summed E-state index contributed by atoms with van der Waals surface area (Å²) in [5.41, 5.74) is 0. The van der Waals surface area contributed by atoms with Crippen molar-refractivity contribution in [2.24, 2.45) is 0 Å². The molecule has 9 heavy (non-hydrogen) atoms. The van der Waals surface area contributed by atoms with E-state index >= 15 is 0 Å². The molecule has 0 saturated heterocycles. The molecule has 2 N–H and O–H groups in total. The first-order valence-corrected chi connectivity index (χ1v) is 2.39. The lowest BCUT2D eigenvalue weighted by Gasteiger charge is -2.04. The Kier molecular flexibility index (Phi) is 1.08. The van der Waals surface area contributed by atoms with Gasteiger partial charge in [-0.3, -0.25) is 0 Å². The van der Waals surface area contributed by atoms with Crippen LogP contribution >= 0.6 is 0 Å². The normalized spacial score (nSPS) is 23.4. The Hall–Kier alpha value is -0.870. The summed E-state index contributed by atoms with van der Waals surface area (Å²) in [6, 6.07) is 0. The molecule has 0 atom stereocenters. The van der Waals surface area contributed by atoms with Crippen molar-refractivity contribution in [1.29, 1.82) is 0 Å². The van der Waals surface area contributed by atoms with Crippen molar-refractivity contribution in [3.05, 3.63) is 11.8 Å². The van der Waals surface area contributed by atoms with Gasteiger partial charge in [-0.25, -0.2) is 4.79 Å². The molecular weight excluding hydrogens is 124 g/mol. The third-order valence-corrected chi connectivity index (χ3v) is 0.959. The number of aliphatic hydroxyl groups is 2. The lowest BCUT2D eigenvalue weighted by Crippen LogP contribution is -2.32. The molecule has 4 nitrogen and oxygen atoms in total. The predicted octanol–water partition coefficient (Wildman–Crippen LogP) is -0.872. The van der Waals surface area contributed by atoms with E-state index in [1.54, 1.807) is 0 Å². The summed E-state index contributed by atoms with van der Waals surface area (Å²) < 4.78 is 4.30. The Labute approximate surface area is 51.4 Å². The molecule has 0 fully saturated rings. The minimum Gasteiger partial charge on any atom is -0.427 e. The summed E-state index contributed by atoms with van der Waals surface area (Å²) in [6.45, 7) is 1.46. The van der Waals surface area contributed by atoms with E-state index in [4.69, 9.17) is 10.2 Å². The highest BCUT2D eigenvalue weighted by Crippen LogP contribution is 2.17. The van der Waals surface area contributed by atoms with Crippen LogP contribution < -0.4 is 0 Å². The Morgan fingerprint density at radius 2 is 2.22 bits per heavy atom. The van der Waals surface area contributed by atoms with Crippen LogP contribution in [0.1, 0.15) is 6.92 Å². The average Bonchev–Trinajstić information content (AvgIpc) is 1.79. The van der Waals surface area contributed by atoms with E-state index < -0.39 is 11.8 Å². The van der Waals surface area contributed by atoms with Gasteiger partial charge < -0.3 is 14.9 Å². The van der Waals surface area contributed by atoms with E-state index in [9.17, 15) is 4.79 Å². The fourth-order valence-electron chi connectivity index (χ4n) is 0.593. The van der Waals surface area contributed by atoms with E-state index in [2.05, 4.69) is 4.74 Å². The summed E-state index contributed by atoms with van der Waals surface area (Å²) in [6.07, 6.45) is 0.940. The highest BCUT2D eigenvalue weighted by Gasteiger charge is 2.38. The van der Waals surface area contributed by atoms with Crippen LogP contribution in [0.5, 0.6) is 0 Å². The van der Waals surface area contributed by atoms with E-state index in [1.165, 1.54) is 6.92 Å². The Balaban J connectivity index is 2.89. The molecule has 0 amide bonds. The number of hydrogen-bond acceptors (Lipinski definition) is 4. The first-order chi connectivity index (χ1) is 4.02. The standard InChI is InChI=1S/C5H6O4/c1-3-2-5(7,8)4(6)9-3/h2,7-8H,1H3. The number of ether oxygens (including phenoxy) is 1. The number of carbonyl (C=O) groups excluding carboxylic acids is 1. The number of allylic oxidation sites excluding steroid dienone is 1. The lowest BCUT2D eigenvalue weighted by atomic mass is 10.3. The van der Waals surface area contributed by atoms with Crippen LogP contribution in [0.15, 0.2) is 11.8 Å². The van der Waals surface area contributed by atoms with Gasteiger partial charge in [0.1, 0.15) is 5.76 Å². The van der Waals surface area contributed by atoms with Crippen LogP contribution in [0.4, 0.5) is 0 Å². The van der Waals surface area contributed by atoms with Gasteiger partial charge in [0, 0.05) is 6.08 Å². The van der Waals surface area contributed by atoms with Gasteiger partial charge in [0.05, 0.1) is 0 Å². The van der Waals surface area contributed by atoms with Gasteiger partial charge >= 0.3 is 5.97 Å². The molecule has 50 valence electrons. The lowest BCUT2D eigenvalue weighted by molar-refractivity contribution is -0.181. The van der Waals surface area contributed by atoms with E-state index in [0.717, 1.165) is 6.08 Å². The molecule has 0 aliphatic carbocycles. The molecule has 0 spiro atoms. The number of hydrogen-bond donors (Lipinski definition) is 2. The second-order valence-corrected chi connectivity index (χ2v) is 1.87. The van der Waals surface area contributed by atoms with E-state index in [-0.39, 0.29) is 5.76 Å². The molecule has 0 aromatic rings. The zero-order valence-electron chi connectivity index (χ0n) is 4.79. The summed E-state index contributed by atoms with van der Waals surface area (Å²) >= 11 is 0. The molecule has 0 aromatic carbocycles. The fourth-order valence-corrected chi connectivity index (χ4v) is 0.593. The summed E-state index contributed by atoms with van der Waals surface area (Å²) in [7, 11) is 0. The number of esters is 1. The van der Waals surface area contributed by atoms with Gasteiger partial charge in [-0.15, -0.1) is 0 Å². The van der Waals surface area contributed by atoms with Crippen LogP contribution in [0.2, 0.25) is 0 Å². The molecular formula is C5H6O4. The SMILES string of the molecule is CC1=CC(O)(O)C(=O)O1. The molecule has 4 heteroatoms. The van der Waals surface area contributed by atoms with Crippen LogP contribution in [0, 0.1) is 0 Å². The summed E-state index contributed by atoms with van der Waals surface area (Å²) in [4.78, 5) is 10.3. The fraction of sp³-hybridized carbons (Fsp3) is 0.400. The largest absolute Gasteiger partial charge is 0.427 e. The number of cyclic esters (lactones) is 1. The summed E-state index contributed by atoms with van der Waals surface area (Å²) in [5.74, 6) is -3.23. The molecule has 1 rings (SSSR count). The zero-order chi connectivity index (χ0) is 7.07. The molecule has 1 aliphatic heterocycles. The van der Waals surface area contributed by atoms with Crippen LogP contribution in [-0.4, -0.2) is 22.0 Å². The van der Waals surface area contributed by atoms with Gasteiger partial charge in [0.2, 0.25) is 0 Å². The third kappa shape index (κ3) is 0.940. The van der Waals surface area contributed by atoms with Gasteiger partial charge in [0.25, 0.3) is 5.79 Å². The minimum absolute atomic E-state index is 0.213.